The Balaban J connectivity index is 2.09. The van der Waals surface area contributed by atoms with Crippen molar-refractivity contribution in [1.82, 2.24) is 9.78 Å². The monoisotopic (exact) mass is 296 g/mol. The maximum absolute atomic E-state index is 13.3. The molecule has 0 fully saturated rings. The Morgan fingerprint density at radius 1 is 1.43 bits per heavy atom. The lowest BCUT2D eigenvalue weighted by Gasteiger charge is -2.05. The van der Waals surface area contributed by atoms with Crippen LogP contribution in [-0.4, -0.2) is 29.4 Å². The van der Waals surface area contributed by atoms with Crippen molar-refractivity contribution in [2.24, 2.45) is 0 Å². The van der Waals surface area contributed by atoms with Crippen LogP contribution in [0.25, 0.3) is 0 Å². The van der Waals surface area contributed by atoms with Crippen molar-refractivity contribution in [3.05, 3.63) is 41.7 Å². The molecule has 1 amide bonds. The summed E-state index contributed by atoms with van der Waals surface area (Å²) in [5.74, 6) is -2.61. The molecule has 0 saturated carbocycles. The Kier molecular flexibility index (Phi) is 4.49. The van der Waals surface area contributed by atoms with E-state index in [1.54, 1.807) is 18.0 Å². The number of nitrogens with one attached hydrogen (secondary N) is 1. The van der Waals surface area contributed by atoms with E-state index >= 15 is 0 Å². The number of nitrogens with zero attached hydrogens (tertiary/aromatic N) is 2. The fraction of sp³-hybridized carbons (Fsp3) is 0.231. The van der Waals surface area contributed by atoms with Crippen LogP contribution in [0.3, 0.4) is 0 Å². The predicted octanol–water partition coefficient (Wildman–Crippen LogP) is 1.64. The van der Waals surface area contributed by atoms with Gasteiger partial charge in [-0.1, -0.05) is 0 Å². The molecule has 3 N–H and O–H groups in total. The zero-order chi connectivity index (χ0) is 15.4. The number of hydrogen-bond acceptors (Lipinski definition) is 4. The highest BCUT2D eigenvalue weighted by molar-refractivity contribution is 6.04. The van der Waals surface area contributed by atoms with E-state index < -0.39 is 23.2 Å². The molecule has 0 atom stereocenters. The summed E-state index contributed by atoms with van der Waals surface area (Å²) >= 11 is 0. The first-order chi connectivity index (χ1) is 10.0. The highest BCUT2D eigenvalue weighted by Gasteiger charge is 2.14. The van der Waals surface area contributed by atoms with Crippen LogP contribution < -0.4 is 11.1 Å². The van der Waals surface area contributed by atoms with Gasteiger partial charge in [0.25, 0.3) is 5.91 Å². The third-order valence-corrected chi connectivity index (χ3v) is 2.76. The third-order valence-electron chi connectivity index (χ3n) is 2.76. The van der Waals surface area contributed by atoms with Crippen LogP contribution in [0.5, 0.6) is 0 Å². The van der Waals surface area contributed by atoms with E-state index in [-0.39, 0.29) is 5.56 Å². The zero-order valence-electron chi connectivity index (χ0n) is 11.3. The predicted molar refractivity (Wildman–Crippen MR) is 72.8 cm³/mol. The normalized spacial score (nSPS) is 10.6. The molecular formula is C13H14F2N4O2. The minimum atomic E-state index is -0.976. The first kappa shape index (κ1) is 14.9. The second-order valence-electron chi connectivity index (χ2n) is 4.29. The van der Waals surface area contributed by atoms with Gasteiger partial charge in [-0.3, -0.25) is 9.48 Å². The molecule has 0 aliphatic carbocycles. The number of halogens is 2. The van der Waals surface area contributed by atoms with E-state index in [1.807, 2.05) is 0 Å². The van der Waals surface area contributed by atoms with Gasteiger partial charge in [0, 0.05) is 18.9 Å². The smallest absolute Gasteiger partial charge is 0.255 e. The second kappa shape index (κ2) is 6.31. The van der Waals surface area contributed by atoms with Crippen molar-refractivity contribution in [2.75, 3.05) is 24.8 Å². The van der Waals surface area contributed by atoms with Gasteiger partial charge in [0.1, 0.15) is 17.3 Å². The molecule has 0 aliphatic rings. The molecule has 2 rings (SSSR count). The topological polar surface area (TPSA) is 82.2 Å². The summed E-state index contributed by atoms with van der Waals surface area (Å²) in [5, 5.41) is 6.50. The van der Waals surface area contributed by atoms with Crippen molar-refractivity contribution in [1.29, 1.82) is 0 Å². The van der Waals surface area contributed by atoms with Gasteiger partial charge in [-0.05, 0) is 12.1 Å². The minimum Gasteiger partial charge on any atom is -0.394 e. The summed E-state index contributed by atoms with van der Waals surface area (Å²) in [7, 11) is 1.57. The number of anilines is 2. The molecule has 1 aromatic carbocycles. The molecule has 0 bridgehead atoms. The number of methoxy groups -OCH3 is 1. The number of aromatic nitrogens is 2. The zero-order valence-corrected chi connectivity index (χ0v) is 11.3. The molecule has 112 valence electrons. The number of ether oxygens (including phenoxy) is 1. The van der Waals surface area contributed by atoms with Crippen LogP contribution in [0.1, 0.15) is 10.4 Å². The summed E-state index contributed by atoms with van der Waals surface area (Å²) in [6.07, 6.45) is 3.01. The lowest BCUT2D eigenvalue weighted by Crippen LogP contribution is -2.13. The maximum atomic E-state index is 13.3. The lowest BCUT2D eigenvalue weighted by molar-refractivity contribution is 0.102. The Morgan fingerprint density at radius 3 is 2.71 bits per heavy atom. The SMILES string of the molecule is COCCn1cc(NC(=O)c2cc(F)c(N)c(F)c2)cn1. The molecule has 0 saturated heterocycles. The van der Waals surface area contributed by atoms with E-state index in [0.29, 0.717) is 18.8 Å². The van der Waals surface area contributed by atoms with Crippen LogP contribution in [0.15, 0.2) is 24.5 Å². The molecule has 2 aromatic rings. The van der Waals surface area contributed by atoms with Crippen LogP contribution in [0, 0.1) is 11.6 Å². The minimum absolute atomic E-state index is 0.163. The molecule has 0 aliphatic heterocycles. The number of rotatable bonds is 5. The summed E-state index contributed by atoms with van der Waals surface area (Å²) in [6.45, 7) is 1.00. The summed E-state index contributed by atoms with van der Waals surface area (Å²) in [5.41, 5.74) is 4.78. The first-order valence-electron chi connectivity index (χ1n) is 6.08. The van der Waals surface area contributed by atoms with Gasteiger partial charge in [0.05, 0.1) is 25.0 Å². The maximum Gasteiger partial charge on any atom is 0.255 e. The van der Waals surface area contributed by atoms with Crippen molar-refractivity contribution >= 4 is 17.3 Å². The highest BCUT2D eigenvalue weighted by Crippen LogP contribution is 2.18. The lowest BCUT2D eigenvalue weighted by atomic mass is 10.1. The van der Waals surface area contributed by atoms with Gasteiger partial charge in [-0.25, -0.2) is 8.78 Å². The summed E-state index contributed by atoms with van der Waals surface area (Å²) in [6, 6.07) is 1.76. The molecular weight excluding hydrogens is 282 g/mol. The van der Waals surface area contributed by atoms with E-state index in [4.69, 9.17) is 10.5 Å². The van der Waals surface area contributed by atoms with E-state index in [2.05, 4.69) is 10.4 Å². The number of carbonyl (C=O) groups excluding carboxylic acids is 1. The van der Waals surface area contributed by atoms with Gasteiger partial charge in [0.2, 0.25) is 0 Å². The molecule has 21 heavy (non-hydrogen) atoms. The number of benzene rings is 1. The highest BCUT2D eigenvalue weighted by atomic mass is 19.1. The van der Waals surface area contributed by atoms with E-state index in [9.17, 15) is 13.6 Å². The van der Waals surface area contributed by atoms with Gasteiger partial charge in [-0.15, -0.1) is 0 Å². The second-order valence-corrected chi connectivity index (χ2v) is 4.29. The van der Waals surface area contributed by atoms with Crippen LogP contribution in [0.4, 0.5) is 20.2 Å². The van der Waals surface area contributed by atoms with Crippen molar-refractivity contribution in [3.63, 3.8) is 0 Å². The van der Waals surface area contributed by atoms with Crippen LogP contribution in [-0.2, 0) is 11.3 Å². The van der Waals surface area contributed by atoms with Gasteiger partial charge < -0.3 is 15.8 Å². The molecule has 6 nitrogen and oxygen atoms in total. The van der Waals surface area contributed by atoms with Crippen LogP contribution >= 0.6 is 0 Å². The average molecular weight is 296 g/mol. The Hall–Kier alpha value is -2.48. The molecule has 1 heterocycles. The van der Waals surface area contributed by atoms with E-state index in [1.165, 1.54) is 6.20 Å². The van der Waals surface area contributed by atoms with Crippen molar-refractivity contribution < 1.29 is 18.3 Å². The summed E-state index contributed by atoms with van der Waals surface area (Å²) < 4.78 is 33.1. The van der Waals surface area contributed by atoms with Crippen molar-refractivity contribution in [3.8, 4) is 0 Å². The summed E-state index contributed by atoms with van der Waals surface area (Å²) in [4.78, 5) is 11.9. The van der Waals surface area contributed by atoms with Gasteiger partial charge >= 0.3 is 0 Å². The van der Waals surface area contributed by atoms with Gasteiger partial charge in [0.15, 0.2) is 0 Å². The first-order valence-corrected chi connectivity index (χ1v) is 6.08. The van der Waals surface area contributed by atoms with E-state index in [0.717, 1.165) is 12.1 Å². The number of carbonyl (C=O) groups is 1. The number of amides is 1. The standard InChI is InChI=1S/C13H14F2N4O2/c1-21-3-2-19-7-9(6-17-19)18-13(20)8-4-10(14)12(16)11(15)5-8/h4-7H,2-3,16H2,1H3,(H,18,20). The quantitative estimate of drug-likeness (QED) is 0.822. The van der Waals surface area contributed by atoms with Crippen molar-refractivity contribution in [2.45, 2.75) is 6.54 Å². The Morgan fingerprint density at radius 2 is 2.10 bits per heavy atom. The molecule has 8 heteroatoms. The third kappa shape index (κ3) is 3.54. The number of nitrogens with two attached hydrogens (primary N) is 1. The largest absolute Gasteiger partial charge is 0.394 e. The van der Waals surface area contributed by atoms with Gasteiger partial charge in [-0.2, -0.15) is 5.10 Å². The molecule has 1 aromatic heterocycles. The average Bonchev–Trinajstić information content (AvgIpc) is 2.89. The molecule has 0 spiro atoms. The Labute approximate surface area is 119 Å². The fourth-order valence-electron chi connectivity index (χ4n) is 1.65. The number of nitrogen functional groups attached to an aromatic ring is 1. The molecule has 0 radical (unpaired) electrons. The van der Waals surface area contributed by atoms with Crippen LogP contribution in [0.2, 0.25) is 0 Å². The number of hydrogen-bond donors (Lipinski definition) is 2. The molecule has 0 unspecified atom stereocenters. The Bertz CT molecular complexity index is 634. The fourth-order valence-corrected chi connectivity index (χ4v) is 1.65.